The molecule has 0 fully saturated rings. The zero-order chi connectivity index (χ0) is 15.6. The van der Waals surface area contributed by atoms with E-state index in [0.717, 1.165) is 6.07 Å². The van der Waals surface area contributed by atoms with Crippen LogP contribution >= 0.6 is 31.9 Å². The Morgan fingerprint density at radius 3 is 2.48 bits per heavy atom. The Morgan fingerprint density at radius 1 is 1.14 bits per heavy atom. The fraction of sp³-hybridized carbons (Fsp3) is 0.0909. The summed E-state index contributed by atoms with van der Waals surface area (Å²) in [6, 6.07) is 3.78. The first-order chi connectivity index (χ1) is 9.81. The molecule has 0 saturated carbocycles. The maximum atomic E-state index is 12.8. The number of hydrogen-bond acceptors (Lipinski definition) is 5. The van der Waals surface area contributed by atoms with Crippen LogP contribution in [0.2, 0.25) is 0 Å². The first-order valence-corrected chi connectivity index (χ1v) is 7.03. The Morgan fingerprint density at radius 2 is 1.86 bits per heavy atom. The molecule has 1 heterocycles. The molecule has 0 spiro atoms. The Kier molecular flexibility index (Phi) is 4.69. The van der Waals surface area contributed by atoms with Crippen molar-refractivity contribution in [1.82, 2.24) is 9.97 Å². The highest BCUT2D eigenvalue weighted by atomic mass is 79.9. The van der Waals surface area contributed by atoms with Gasteiger partial charge in [0, 0.05) is 16.4 Å². The van der Waals surface area contributed by atoms with E-state index in [2.05, 4.69) is 52.6 Å². The number of rotatable bonds is 3. The molecular weight excluding hydrogens is 419 g/mol. The molecule has 2 aromatic rings. The van der Waals surface area contributed by atoms with Gasteiger partial charge in [-0.3, -0.25) is 5.43 Å². The topological polar surface area (TPSA) is 75.9 Å². The van der Waals surface area contributed by atoms with Gasteiger partial charge in [0.2, 0.25) is 5.95 Å². The third kappa shape index (κ3) is 3.83. The van der Waals surface area contributed by atoms with E-state index in [1.807, 2.05) is 0 Å². The molecule has 5 nitrogen and oxygen atoms in total. The molecule has 0 amide bonds. The van der Waals surface area contributed by atoms with Gasteiger partial charge in [-0.05, 0) is 34.1 Å². The normalized spacial score (nSPS) is 11.3. The van der Waals surface area contributed by atoms with Crippen molar-refractivity contribution in [3.8, 4) is 0 Å². The molecule has 1 aromatic heterocycles. The van der Waals surface area contributed by atoms with Crippen molar-refractivity contribution in [3.63, 3.8) is 0 Å². The van der Waals surface area contributed by atoms with E-state index in [-0.39, 0.29) is 21.9 Å². The van der Waals surface area contributed by atoms with Crippen LogP contribution < -0.4 is 16.6 Å². The summed E-state index contributed by atoms with van der Waals surface area (Å²) in [5.41, 5.74) is 1.70. The summed E-state index contributed by atoms with van der Waals surface area (Å²) in [5.74, 6) is 5.61. The van der Waals surface area contributed by atoms with Gasteiger partial charge in [0.05, 0.1) is 10.0 Å². The van der Waals surface area contributed by atoms with E-state index in [4.69, 9.17) is 5.84 Å². The SMILES string of the molecule is NNc1ncc(Br)c(Nc2ccc(Br)c(C(F)(F)F)c2)n1. The minimum Gasteiger partial charge on any atom is -0.339 e. The summed E-state index contributed by atoms with van der Waals surface area (Å²) in [6.07, 6.45) is -3.03. The van der Waals surface area contributed by atoms with Crippen LogP contribution in [0.15, 0.2) is 33.3 Å². The van der Waals surface area contributed by atoms with Crippen molar-refractivity contribution in [2.75, 3.05) is 10.7 Å². The van der Waals surface area contributed by atoms with Crippen LogP contribution in [0.5, 0.6) is 0 Å². The third-order valence-electron chi connectivity index (χ3n) is 2.41. The Bertz CT molecular complexity index is 663. The van der Waals surface area contributed by atoms with Crippen LogP contribution in [-0.4, -0.2) is 9.97 Å². The maximum Gasteiger partial charge on any atom is 0.417 e. The minimum absolute atomic E-state index is 0.0355. The molecule has 0 aliphatic carbocycles. The lowest BCUT2D eigenvalue weighted by atomic mass is 10.2. The van der Waals surface area contributed by atoms with Crippen LogP contribution in [0.1, 0.15) is 5.56 Å². The van der Waals surface area contributed by atoms with E-state index < -0.39 is 11.7 Å². The Labute approximate surface area is 134 Å². The van der Waals surface area contributed by atoms with Gasteiger partial charge >= 0.3 is 6.18 Å². The maximum absolute atomic E-state index is 12.8. The van der Waals surface area contributed by atoms with Crippen LogP contribution in [0.25, 0.3) is 0 Å². The van der Waals surface area contributed by atoms with Crippen LogP contribution in [0.4, 0.5) is 30.6 Å². The highest BCUT2D eigenvalue weighted by Gasteiger charge is 2.33. The lowest BCUT2D eigenvalue weighted by molar-refractivity contribution is -0.138. The fourth-order valence-electron chi connectivity index (χ4n) is 1.48. The highest BCUT2D eigenvalue weighted by molar-refractivity contribution is 9.10. The lowest BCUT2D eigenvalue weighted by Gasteiger charge is -2.13. The summed E-state index contributed by atoms with van der Waals surface area (Å²) < 4.78 is 39.0. The molecule has 0 bridgehead atoms. The molecule has 112 valence electrons. The molecule has 0 atom stereocenters. The monoisotopic (exact) mass is 425 g/mol. The van der Waals surface area contributed by atoms with E-state index >= 15 is 0 Å². The molecule has 21 heavy (non-hydrogen) atoms. The molecule has 1 aromatic carbocycles. The van der Waals surface area contributed by atoms with Gasteiger partial charge in [-0.1, -0.05) is 15.9 Å². The summed E-state index contributed by atoms with van der Waals surface area (Å²) in [7, 11) is 0. The molecule has 10 heteroatoms. The van der Waals surface area contributed by atoms with Gasteiger partial charge in [-0.2, -0.15) is 18.2 Å². The Hall–Kier alpha value is -1.39. The number of nitrogens with zero attached hydrogens (tertiary/aromatic N) is 2. The van der Waals surface area contributed by atoms with Crippen LogP contribution in [0.3, 0.4) is 0 Å². The number of halogens is 5. The number of aromatic nitrogens is 2. The highest BCUT2D eigenvalue weighted by Crippen LogP contribution is 2.37. The van der Waals surface area contributed by atoms with E-state index in [1.54, 1.807) is 0 Å². The van der Waals surface area contributed by atoms with Crippen molar-refractivity contribution in [1.29, 1.82) is 0 Å². The van der Waals surface area contributed by atoms with Gasteiger partial charge in [-0.15, -0.1) is 0 Å². The summed E-state index contributed by atoms with van der Waals surface area (Å²) >= 11 is 6.08. The molecule has 0 radical (unpaired) electrons. The van der Waals surface area contributed by atoms with E-state index in [1.165, 1.54) is 18.3 Å². The number of anilines is 3. The van der Waals surface area contributed by atoms with Gasteiger partial charge in [0.15, 0.2) is 0 Å². The number of alkyl halides is 3. The standard InChI is InChI=1S/C11H8Br2F3N5/c12-7-2-1-5(3-6(7)11(14,15)16)19-9-8(13)4-18-10(20-9)21-17/h1-4H,17H2,(H2,18,19,20,21). The number of benzene rings is 1. The first kappa shape index (κ1) is 16.0. The van der Waals surface area contributed by atoms with Crippen molar-refractivity contribution < 1.29 is 13.2 Å². The molecule has 0 aliphatic rings. The average molecular weight is 427 g/mol. The van der Waals surface area contributed by atoms with Gasteiger partial charge < -0.3 is 5.32 Å². The number of nitrogens with one attached hydrogen (secondary N) is 2. The molecule has 2 rings (SSSR count). The van der Waals surface area contributed by atoms with Crippen molar-refractivity contribution >= 4 is 49.3 Å². The van der Waals surface area contributed by atoms with E-state index in [0.29, 0.717) is 4.47 Å². The average Bonchev–Trinajstić information content (AvgIpc) is 2.42. The van der Waals surface area contributed by atoms with Crippen molar-refractivity contribution in [3.05, 3.63) is 38.9 Å². The van der Waals surface area contributed by atoms with Crippen molar-refractivity contribution in [2.24, 2.45) is 5.84 Å². The van der Waals surface area contributed by atoms with E-state index in [9.17, 15) is 13.2 Å². The number of hydrogen-bond donors (Lipinski definition) is 3. The van der Waals surface area contributed by atoms with Crippen LogP contribution in [0, 0.1) is 0 Å². The number of nitrogen functional groups attached to an aromatic ring is 1. The molecule has 0 unspecified atom stereocenters. The smallest absolute Gasteiger partial charge is 0.339 e. The largest absolute Gasteiger partial charge is 0.417 e. The molecule has 0 saturated heterocycles. The van der Waals surface area contributed by atoms with Gasteiger partial charge in [0.1, 0.15) is 5.82 Å². The molecule has 4 N–H and O–H groups in total. The molecular formula is C11H8Br2F3N5. The number of hydrazine groups is 1. The fourth-order valence-corrected chi connectivity index (χ4v) is 2.24. The van der Waals surface area contributed by atoms with Gasteiger partial charge in [0.25, 0.3) is 0 Å². The third-order valence-corrected chi connectivity index (χ3v) is 3.68. The zero-order valence-electron chi connectivity index (χ0n) is 10.2. The lowest BCUT2D eigenvalue weighted by Crippen LogP contribution is -2.11. The second kappa shape index (κ2) is 6.16. The minimum atomic E-state index is -4.45. The van der Waals surface area contributed by atoms with Crippen molar-refractivity contribution in [2.45, 2.75) is 6.18 Å². The second-order valence-electron chi connectivity index (χ2n) is 3.85. The summed E-state index contributed by atoms with van der Waals surface area (Å²) in [4.78, 5) is 7.85. The number of nitrogens with two attached hydrogens (primary N) is 1. The quantitative estimate of drug-likeness (QED) is 0.510. The summed E-state index contributed by atoms with van der Waals surface area (Å²) in [5, 5.41) is 2.77. The molecule has 0 aliphatic heterocycles. The zero-order valence-corrected chi connectivity index (χ0v) is 13.3. The second-order valence-corrected chi connectivity index (χ2v) is 5.56. The predicted molar refractivity (Wildman–Crippen MR) is 80.0 cm³/mol. The van der Waals surface area contributed by atoms with Crippen LogP contribution in [-0.2, 0) is 6.18 Å². The van der Waals surface area contributed by atoms with Gasteiger partial charge in [-0.25, -0.2) is 10.8 Å². The summed E-state index contributed by atoms with van der Waals surface area (Å²) in [6.45, 7) is 0. The predicted octanol–water partition coefficient (Wildman–Crippen LogP) is 4.05. The first-order valence-electron chi connectivity index (χ1n) is 5.44. The Balaban J connectivity index is 2.36.